The molecule has 0 radical (unpaired) electrons. The quantitative estimate of drug-likeness (QED) is 0.409. The Morgan fingerprint density at radius 2 is 2.06 bits per heavy atom. The van der Waals surface area contributed by atoms with Gasteiger partial charge in [-0.3, -0.25) is 4.68 Å². The van der Waals surface area contributed by atoms with Crippen LogP contribution in [-0.2, 0) is 4.74 Å². The fraction of sp³-hybridized carbons (Fsp3) is 0.286. The number of benzene rings is 1. The number of carbonyl (C=O) groups is 1. The second-order valence-electron chi connectivity index (χ2n) is 6.89. The highest BCUT2D eigenvalue weighted by atomic mass is 32.1. The molecule has 0 bridgehead atoms. The molecular weight excluding hydrogens is 435 g/mol. The Balaban J connectivity index is 0.00000289. The molecule has 1 atom stereocenters. The van der Waals surface area contributed by atoms with Crippen LogP contribution in [0, 0.1) is 12.7 Å². The van der Waals surface area contributed by atoms with E-state index in [4.69, 9.17) is 9.47 Å². The summed E-state index contributed by atoms with van der Waals surface area (Å²) in [4.78, 5) is 21.0. The molecule has 0 amide bonds. The normalized spacial score (nSPS) is 11.8. The van der Waals surface area contributed by atoms with Gasteiger partial charge in [0.1, 0.15) is 16.9 Å². The van der Waals surface area contributed by atoms with Crippen LogP contribution in [0.15, 0.2) is 36.7 Å². The van der Waals surface area contributed by atoms with E-state index in [2.05, 4.69) is 20.2 Å². The third-order valence-electron chi connectivity index (χ3n) is 4.86. The van der Waals surface area contributed by atoms with Crippen molar-refractivity contribution in [1.82, 2.24) is 29.5 Å². The van der Waals surface area contributed by atoms with Crippen molar-refractivity contribution in [1.29, 1.82) is 0 Å². The summed E-state index contributed by atoms with van der Waals surface area (Å²) in [5.41, 5.74) is 2.84. The number of ether oxygens (including phenoxy) is 2. The Morgan fingerprint density at radius 3 is 2.75 bits per heavy atom. The predicted molar refractivity (Wildman–Crippen MR) is 120 cm³/mol. The average molecular weight is 459 g/mol. The molecule has 3 aromatic heterocycles. The maximum absolute atomic E-state index is 13.7. The molecule has 0 unspecified atom stereocenters. The molecule has 4 aromatic rings. The third-order valence-corrected chi connectivity index (χ3v) is 4.86. The number of hydrogen-bond donors (Lipinski definition) is 0. The van der Waals surface area contributed by atoms with Gasteiger partial charge in [0.2, 0.25) is 5.88 Å². The van der Waals surface area contributed by atoms with Crippen molar-refractivity contribution >= 4 is 30.5 Å². The maximum atomic E-state index is 13.7. The topological polar surface area (TPSA) is 96.9 Å². The lowest BCUT2D eigenvalue weighted by atomic mass is 10.1. The Kier molecular flexibility index (Phi) is 6.78. The van der Waals surface area contributed by atoms with E-state index in [1.807, 2.05) is 19.9 Å². The van der Waals surface area contributed by atoms with Gasteiger partial charge in [-0.1, -0.05) is 12.1 Å². The average Bonchev–Trinajstić information content (AvgIpc) is 3.38. The zero-order chi connectivity index (χ0) is 22.1. The molecule has 1 aromatic carbocycles. The molecule has 32 heavy (non-hydrogen) atoms. The van der Waals surface area contributed by atoms with Crippen molar-refractivity contribution in [3.8, 4) is 11.8 Å². The van der Waals surface area contributed by atoms with Gasteiger partial charge in [0, 0.05) is 6.20 Å². The molecule has 0 aliphatic carbocycles. The highest BCUT2D eigenvalue weighted by Gasteiger charge is 2.22. The summed E-state index contributed by atoms with van der Waals surface area (Å²) < 4.78 is 27.3. The minimum absolute atomic E-state index is 0. The molecule has 0 saturated carbocycles. The van der Waals surface area contributed by atoms with Gasteiger partial charge in [-0.2, -0.15) is 28.7 Å². The summed E-state index contributed by atoms with van der Waals surface area (Å²) >= 11 is 0. The first-order valence-corrected chi connectivity index (χ1v) is 9.71. The number of nitrogens with zero attached hydrogens (tertiary/aromatic N) is 6. The van der Waals surface area contributed by atoms with Crippen LogP contribution in [0.1, 0.15) is 41.5 Å². The zero-order valence-electron chi connectivity index (χ0n) is 18.0. The number of halogens is 1. The standard InChI is InChI=1S/C21H21FN6O3.H2S/c1-5-31-20(29)15-10-23-27(11-15)21-24-17-12(2)26-28(18(17)19(25-21)30-4)13(3)14-7-6-8-16(22)9-14;/h6-11,13H,5H2,1-4H3;1H2/t13-;/m0./s1. The predicted octanol–water partition coefficient (Wildman–Crippen LogP) is 3.37. The molecule has 0 spiro atoms. The van der Waals surface area contributed by atoms with Crippen LogP contribution < -0.4 is 4.74 Å². The van der Waals surface area contributed by atoms with Crippen molar-refractivity contribution < 1.29 is 18.7 Å². The van der Waals surface area contributed by atoms with E-state index in [0.717, 1.165) is 5.56 Å². The van der Waals surface area contributed by atoms with Crippen LogP contribution in [-0.4, -0.2) is 49.2 Å². The van der Waals surface area contributed by atoms with Crippen LogP contribution in [0.5, 0.6) is 5.88 Å². The van der Waals surface area contributed by atoms with Gasteiger partial charge in [0.05, 0.1) is 37.2 Å². The lowest BCUT2D eigenvalue weighted by Crippen LogP contribution is -2.11. The van der Waals surface area contributed by atoms with Crippen molar-refractivity contribution in [3.63, 3.8) is 0 Å². The molecule has 11 heteroatoms. The number of rotatable bonds is 6. The van der Waals surface area contributed by atoms with E-state index >= 15 is 0 Å². The summed E-state index contributed by atoms with van der Waals surface area (Å²) in [7, 11) is 1.50. The zero-order valence-corrected chi connectivity index (χ0v) is 19.0. The van der Waals surface area contributed by atoms with Gasteiger partial charge in [0.15, 0.2) is 0 Å². The number of carbonyl (C=O) groups excluding carboxylic acids is 1. The first-order valence-electron chi connectivity index (χ1n) is 9.71. The minimum Gasteiger partial charge on any atom is -0.479 e. The van der Waals surface area contributed by atoms with Crippen molar-refractivity contribution in [3.05, 3.63) is 59.3 Å². The Labute approximate surface area is 190 Å². The van der Waals surface area contributed by atoms with Crippen LogP contribution >= 0.6 is 13.5 Å². The first-order chi connectivity index (χ1) is 14.9. The summed E-state index contributed by atoms with van der Waals surface area (Å²) in [6.45, 7) is 5.73. The molecule has 4 rings (SSSR count). The smallest absolute Gasteiger partial charge is 0.341 e. The van der Waals surface area contributed by atoms with Gasteiger partial charge in [-0.15, -0.1) is 0 Å². The lowest BCUT2D eigenvalue weighted by molar-refractivity contribution is 0.0526. The molecule has 0 N–H and O–H groups in total. The van der Waals surface area contributed by atoms with E-state index in [-0.39, 0.29) is 49.4 Å². The second-order valence-corrected chi connectivity index (χ2v) is 6.89. The number of aryl methyl sites for hydroxylation is 1. The Hall–Kier alpha value is -3.47. The van der Waals surface area contributed by atoms with Crippen molar-refractivity contribution in [2.24, 2.45) is 0 Å². The summed E-state index contributed by atoms with van der Waals surface area (Å²) in [6, 6.07) is 6.07. The maximum Gasteiger partial charge on any atom is 0.341 e. The Bertz CT molecular complexity index is 1270. The van der Waals surface area contributed by atoms with Gasteiger partial charge < -0.3 is 9.47 Å². The molecular formula is C21H23FN6O3S. The molecule has 3 heterocycles. The lowest BCUT2D eigenvalue weighted by Gasteiger charge is -2.15. The van der Waals surface area contributed by atoms with E-state index in [1.54, 1.807) is 17.7 Å². The monoisotopic (exact) mass is 458 g/mol. The number of methoxy groups -OCH3 is 1. The molecule has 0 saturated heterocycles. The third kappa shape index (κ3) is 4.15. The van der Waals surface area contributed by atoms with E-state index in [9.17, 15) is 9.18 Å². The molecule has 0 aliphatic heterocycles. The first kappa shape index (κ1) is 23.2. The highest BCUT2D eigenvalue weighted by Crippen LogP contribution is 2.30. The van der Waals surface area contributed by atoms with Crippen LogP contribution in [0.4, 0.5) is 4.39 Å². The van der Waals surface area contributed by atoms with Crippen LogP contribution in [0.2, 0.25) is 0 Å². The molecule has 0 fully saturated rings. The highest BCUT2D eigenvalue weighted by molar-refractivity contribution is 7.59. The number of esters is 1. The summed E-state index contributed by atoms with van der Waals surface area (Å²) in [5.74, 6) is -0.285. The van der Waals surface area contributed by atoms with E-state index < -0.39 is 5.97 Å². The van der Waals surface area contributed by atoms with Crippen molar-refractivity contribution in [2.45, 2.75) is 26.8 Å². The number of fused-ring (bicyclic) bond motifs is 1. The number of aromatic nitrogens is 6. The van der Waals surface area contributed by atoms with E-state index in [1.165, 1.54) is 36.3 Å². The van der Waals surface area contributed by atoms with Crippen LogP contribution in [0.25, 0.3) is 17.0 Å². The fourth-order valence-corrected chi connectivity index (χ4v) is 3.33. The van der Waals surface area contributed by atoms with Gasteiger partial charge in [0.25, 0.3) is 5.95 Å². The second kappa shape index (κ2) is 9.35. The summed E-state index contributed by atoms with van der Waals surface area (Å²) in [6.07, 6.45) is 2.88. The Morgan fingerprint density at radius 1 is 1.28 bits per heavy atom. The van der Waals surface area contributed by atoms with Gasteiger partial charge in [-0.05, 0) is 38.5 Å². The fourth-order valence-electron chi connectivity index (χ4n) is 3.33. The largest absolute Gasteiger partial charge is 0.479 e. The van der Waals surface area contributed by atoms with Crippen molar-refractivity contribution in [2.75, 3.05) is 13.7 Å². The van der Waals surface area contributed by atoms with Crippen LogP contribution in [0.3, 0.4) is 0 Å². The molecule has 168 valence electrons. The number of hydrogen-bond acceptors (Lipinski definition) is 7. The SMILES string of the molecule is CCOC(=O)c1cnn(-c2nc(OC)c3c(n2)c(C)nn3[C@@H](C)c2cccc(F)c2)c1.S. The summed E-state index contributed by atoms with van der Waals surface area (Å²) in [5, 5.41) is 8.77. The minimum atomic E-state index is -0.477. The van der Waals surface area contributed by atoms with E-state index in [0.29, 0.717) is 16.7 Å². The van der Waals surface area contributed by atoms with Gasteiger partial charge in [-0.25, -0.2) is 18.9 Å². The molecule has 0 aliphatic rings. The molecule has 9 nitrogen and oxygen atoms in total. The van der Waals surface area contributed by atoms with Gasteiger partial charge >= 0.3 is 5.97 Å².